The maximum absolute atomic E-state index is 12.7. The number of hydrogen-bond donors (Lipinski definition) is 1. The van der Waals surface area contributed by atoms with Gasteiger partial charge in [0.2, 0.25) is 10.0 Å². The smallest absolute Gasteiger partial charge is 0.243 e. The number of aromatic nitrogens is 1. The Labute approximate surface area is 117 Å². The molecule has 0 radical (unpaired) electrons. The number of nitrogens with zero attached hydrogens (tertiary/aromatic N) is 2. The Kier molecular flexibility index (Phi) is 3.45. The van der Waals surface area contributed by atoms with Gasteiger partial charge in [0.15, 0.2) is 0 Å². The van der Waals surface area contributed by atoms with Gasteiger partial charge in [-0.15, -0.1) is 0 Å². The summed E-state index contributed by atoms with van der Waals surface area (Å²) in [4.78, 5) is 4.33. The first kappa shape index (κ1) is 13.5. The average Bonchev–Trinajstić information content (AvgIpc) is 2.47. The van der Waals surface area contributed by atoms with E-state index in [0.29, 0.717) is 36.2 Å². The molecule has 2 aromatic rings. The summed E-state index contributed by atoms with van der Waals surface area (Å²) in [5.74, 6) is 0. The van der Waals surface area contributed by atoms with Crippen LogP contribution >= 0.6 is 0 Å². The minimum absolute atomic E-state index is 0.314. The summed E-state index contributed by atoms with van der Waals surface area (Å²) in [6, 6.07) is 6.93. The van der Waals surface area contributed by atoms with E-state index in [9.17, 15) is 13.5 Å². The molecule has 1 aliphatic rings. The molecule has 1 fully saturated rings. The molecule has 2 heterocycles. The fourth-order valence-corrected chi connectivity index (χ4v) is 4.22. The molecule has 20 heavy (non-hydrogen) atoms. The molecule has 1 aliphatic heterocycles. The van der Waals surface area contributed by atoms with E-state index in [0.717, 1.165) is 5.39 Å². The van der Waals surface area contributed by atoms with Crippen LogP contribution in [0.25, 0.3) is 10.8 Å². The summed E-state index contributed by atoms with van der Waals surface area (Å²) >= 11 is 0. The lowest BCUT2D eigenvalue weighted by atomic mass is 10.1. The van der Waals surface area contributed by atoms with Gasteiger partial charge in [0, 0.05) is 36.3 Å². The van der Waals surface area contributed by atoms with Crippen molar-refractivity contribution in [3.8, 4) is 0 Å². The molecule has 1 N–H and O–H groups in total. The molecule has 3 rings (SSSR count). The first-order chi connectivity index (χ1) is 9.59. The van der Waals surface area contributed by atoms with Crippen LogP contribution in [0.5, 0.6) is 0 Å². The lowest BCUT2D eigenvalue weighted by Crippen LogP contribution is -2.40. The van der Waals surface area contributed by atoms with Gasteiger partial charge in [-0.05, 0) is 25.0 Å². The number of hydrogen-bond acceptors (Lipinski definition) is 4. The first-order valence-electron chi connectivity index (χ1n) is 6.60. The van der Waals surface area contributed by atoms with E-state index < -0.39 is 16.1 Å². The predicted molar refractivity (Wildman–Crippen MR) is 75.7 cm³/mol. The summed E-state index contributed by atoms with van der Waals surface area (Å²) < 4.78 is 26.9. The Morgan fingerprint density at radius 1 is 1.20 bits per heavy atom. The lowest BCUT2D eigenvalue weighted by Gasteiger charge is -2.29. The highest BCUT2D eigenvalue weighted by atomic mass is 32.2. The summed E-state index contributed by atoms with van der Waals surface area (Å²) in [5.41, 5.74) is 0. The minimum Gasteiger partial charge on any atom is -0.393 e. The summed E-state index contributed by atoms with van der Waals surface area (Å²) in [7, 11) is -3.52. The summed E-state index contributed by atoms with van der Waals surface area (Å²) in [6.07, 6.45) is 3.85. The van der Waals surface area contributed by atoms with E-state index in [1.165, 1.54) is 4.31 Å². The molecule has 0 bridgehead atoms. The van der Waals surface area contributed by atoms with E-state index in [1.807, 2.05) is 6.07 Å². The van der Waals surface area contributed by atoms with E-state index >= 15 is 0 Å². The van der Waals surface area contributed by atoms with E-state index in [2.05, 4.69) is 4.98 Å². The molecule has 0 unspecified atom stereocenters. The third-order valence-electron chi connectivity index (χ3n) is 3.68. The molecule has 0 atom stereocenters. The normalized spacial score (nSPS) is 18.4. The average molecular weight is 292 g/mol. The van der Waals surface area contributed by atoms with Crippen molar-refractivity contribution >= 4 is 20.8 Å². The highest BCUT2D eigenvalue weighted by Gasteiger charge is 2.29. The topological polar surface area (TPSA) is 70.5 Å². The maximum Gasteiger partial charge on any atom is 0.243 e. The number of benzene rings is 1. The lowest BCUT2D eigenvalue weighted by molar-refractivity contribution is 0.113. The number of piperidine rings is 1. The van der Waals surface area contributed by atoms with Crippen LogP contribution in [0.15, 0.2) is 41.6 Å². The van der Waals surface area contributed by atoms with Crippen molar-refractivity contribution in [3.05, 3.63) is 36.7 Å². The van der Waals surface area contributed by atoms with Crippen LogP contribution in [0.3, 0.4) is 0 Å². The zero-order valence-electron chi connectivity index (χ0n) is 10.9. The predicted octanol–water partition coefficient (Wildman–Crippen LogP) is 1.38. The molecule has 0 amide bonds. The highest BCUT2D eigenvalue weighted by molar-refractivity contribution is 7.89. The Bertz CT molecular complexity index is 717. The van der Waals surface area contributed by atoms with Crippen LogP contribution in [-0.2, 0) is 10.0 Å². The van der Waals surface area contributed by atoms with Gasteiger partial charge in [-0.1, -0.05) is 12.1 Å². The third kappa shape index (κ3) is 2.30. The zero-order valence-corrected chi connectivity index (χ0v) is 11.8. The Morgan fingerprint density at radius 3 is 2.70 bits per heavy atom. The molecule has 0 aliphatic carbocycles. The molecule has 1 aromatic carbocycles. The molecule has 0 spiro atoms. The second kappa shape index (κ2) is 5.12. The number of aliphatic hydroxyl groups excluding tert-OH is 1. The number of sulfonamides is 1. The molecule has 1 aromatic heterocycles. The second-order valence-corrected chi connectivity index (χ2v) is 6.89. The summed E-state index contributed by atoms with van der Waals surface area (Å²) in [6.45, 7) is 0.732. The number of rotatable bonds is 2. The molecule has 106 valence electrons. The van der Waals surface area contributed by atoms with Crippen molar-refractivity contribution < 1.29 is 13.5 Å². The minimum atomic E-state index is -3.52. The van der Waals surface area contributed by atoms with Crippen molar-refractivity contribution in [1.29, 1.82) is 0 Å². The second-order valence-electron chi connectivity index (χ2n) is 4.99. The first-order valence-corrected chi connectivity index (χ1v) is 8.04. The van der Waals surface area contributed by atoms with Crippen LogP contribution in [0, 0.1) is 0 Å². The van der Waals surface area contributed by atoms with Gasteiger partial charge in [0.05, 0.1) is 11.0 Å². The van der Waals surface area contributed by atoms with Crippen molar-refractivity contribution in [2.75, 3.05) is 13.1 Å². The molecular weight excluding hydrogens is 276 g/mol. The van der Waals surface area contributed by atoms with Gasteiger partial charge in [0.25, 0.3) is 0 Å². The standard InChI is InChI=1S/C14H16N2O3S/c17-12-5-8-16(9-6-12)20(18,19)14-3-1-2-11-10-15-7-4-13(11)14/h1-4,7,10,12,17H,5-6,8-9H2. The van der Waals surface area contributed by atoms with Gasteiger partial charge < -0.3 is 5.11 Å². The SMILES string of the molecule is O=S(=O)(c1cccc2cnccc12)N1CCC(O)CC1. The fourth-order valence-electron chi connectivity index (χ4n) is 2.54. The van der Waals surface area contributed by atoms with Crippen molar-refractivity contribution in [2.45, 2.75) is 23.8 Å². The zero-order chi connectivity index (χ0) is 14.2. The third-order valence-corrected chi connectivity index (χ3v) is 5.64. The van der Waals surface area contributed by atoms with Crippen molar-refractivity contribution in [2.24, 2.45) is 0 Å². The monoisotopic (exact) mass is 292 g/mol. The van der Waals surface area contributed by atoms with Gasteiger partial charge >= 0.3 is 0 Å². The van der Waals surface area contributed by atoms with Gasteiger partial charge in [0.1, 0.15) is 0 Å². The van der Waals surface area contributed by atoms with E-state index in [-0.39, 0.29) is 0 Å². The molecule has 6 heteroatoms. The van der Waals surface area contributed by atoms with Crippen LogP contribution in [0.2, 0.25) is 0 Å². The van der Waals surface area contributed by atoms with E-state index in [4.69, 9.17) is 0 Å². The van der Waals surface area contributed by atoms with Gasteiger partial charge in [-0.2, -0.15) is 4.31 Å². The van der Waals surface area contributed by atoms with Crippen LogP contribution < -0.4 is 0 Å². The number of fused-ring (bicyclic) bond motifs is 1. The van der Waals surface area contributed by atoms with Crippen molar-refractivity contribution in [1.82, 2.24) is 9.29 Å². The van der Waals surface area contributed by atoms with Crippen molar-refractivity contribution in [3.63, 3.8) is 0 Å². The van der Waals surface area contributed by atoms with Crippen LogP contribution in [0.4, 0.5) is 0 Å². The Balaban J connectivity index is 2.05. The van der Waals surface area contributed by atoms with E-state index in [1.54, 1.807) is 30.6 Å². The van der Waals surface area contributed by atoms with Crippen LogP contribution in [0.1, 0.15) is 12.8 Å². The number of pyridine rings is 1. The highest BCUT2D eigenvalue weighted by Crippen LogP contribution is 2.27. The van der Waals surface area contributed by atoms with Gasteiger partial charge in [-0.25, -0.2) is 8.42 Å². The summed E-state index contributed by atoms with van der Waals surface area (Å²) in [5, 5.41) is 11.0. The maximum atomic E-state index is 12.7. The fraction of sp³-hybridized carbons (Fsp3) is 0.357. The Morgan fingerprint density at radius 2 is 1.95 bits per heavy atom. The quantitative estimate of drug-likeness (QED) is 0.908. The molecule has 5 nitrogen and oxygen atoms in total. The molecule has 1 saturated heterocycles. The largest absolute Gasteiger partial charge is 0.393 e. The molecule has 0 saturated carbocycles. The number of aliphatic hydroxyl groups is 1. The van der Waals surface area contributed by atoms with Crippen LogP contribution in [-0.4, -0.2) is 42.0 Å². The molecular formula is C14H16N2O3S. The Hall–Kier alpha value is -1.50. The van der Waals surface area contributed by atoms with Gasteiger partial charge in [-0.3, -0.25) is 4.98 Å².